The standard InChI is InChI=1S/C18H18F2N2O4S/c19-13-8-14(20)10-15(9-13)22-18(23)12-3-5-17(6-4-12)27(24,25)21-11-16-2-1-7-26-16/h3-6,8-10,16,21H,1-2,7,11H2,(H,22,23)/t16-/m1/s1. The van der Waals surface area contributed by atoms with Crippen LogP contribution in [-0.2, 0) is 14.8 Å². The molecule has 1 amide bonds. The molecule has 1 saturated heterocycles. The molecule has 1 aliphatic heterocycles. The molecule has 0 spiro atoms. The fraction of sp³-hybridized carbons (Fsp3) is 0.278. The van der Waals surface area contributed by atoms with Crippen molar-refractivity contribution in [3.63, 3.8) is 0 Å². The first-order valence-electron chi connectivity index (χ1n) is 8.32. The van der Waals surface area contributed by atoms with Gasteiger partial charge in [0, 0.05) is 30.5 Å². The summed E-state index contributed by atoms with van der Waals surface area (Å²) in [5.74, 6) is -2.25. The zero-order valence-electron chi connectivity index (χ0n) is 14.2. The molecule has 2 aromatic rings. The third kappa shape index (κ3) is 5.09. The first-order valence-corrected chi connectivity index (χ1v) is 9.80. The number of hydrogen-bond donors (Lipinski definition) is 2. The molecule has 144 valence electrons. The zero-order chi connectivity index (χ0) is 19.4. The zero-order valence-corrected chi connectivity index (χ0v) is 15.1. The molecule has 6 nitrogen and oxygen atoms in total. The van der Waals surface area contributed by atoms with E-state index in [0.29, 0.717) is 12.7 Å². The minimum atomic E-state index is -3.72. The van der Waals surface area contributed by atoms with Crippen molar-refractivity contribution in [2.24, 2.45) is 0 Å². The van der Waals surface area contributed by atoms with Crippen LogP contribution in [0, 0.1) is 11.6 Å². The van der Waals surface area contributed by atoms with E-state index >= 15 is 0 Å². The highest BCUT2D eigenvalue weighted by molar-refractivity contribution is 7.89. The Kier molecular flexibility index (Phi) is 5.83. The number of anilines is 1. The van der Waals surface area contributed by atoms with Gasteiger partial charge in [0.1, 0.15) is 11.6 Å². The maximum absolute atomic E-state index is 13.2. The van der Waals surface area contributed by atoms with E-state index in [0.717, 1.165) is 25.0 Å². The van der Waals surface area contributed by atoms with Crippen LogP contribution in [0.2, 0.25) is 0 Å². The van der Waals surface area contributed by atoms with Gasteiger partial charge in [-0.1, -0.05) is 0 Å². The van der Waals surface area contributed by atoms with Crippen molar-refractivity contribution in [3.05, 3.63) is 59.7 Å². The summed E-state index contributed by atoms with van der Waals surface area (Å²) in [7, 11) is -3.72. The Hall–Kier alpha value is -2.36. The number of ether oxygens (including phenoxy) is 1. The minimum Gasteiger partial charge on any atom is -0.377 e. The summed E-state index contributed by atoms with van der Waals surface area (Å²) in [6.45, 7) is 0.821. The van der Waals surface area contributed by atoms with Crippen LogP contribution in [0.3, 0.4) is 0 Å². The summed E-state index contributed by atoms with van der Waals surface area (Å²) in [6.07, 6.45) is 1.59. The third-order valence-corrected chi connectivity index (χ3v) is 5.51. The van der Waals surface area contributed by atoms with Crippen LogP contribution in [0.5, 0.6) is 0 Å². The molecule has 0 saturated carbocycles. The summed E-state index contributed by atoms with van der Waals surface area (Å²) in [6, 6.07) is 7.89. The van der Waals surface area contributed by atoms with Gasteiger partial charge in [0.05, 0.1) is 11.0 Å². The van der Waals surface area contributed by atoms with Crippen LogP contribution in [0.1, 0.15) is 23.2 Å². The predicted molar refractivity (Wildman–Crippen MR) is 94.9 cm³/mol. The van der Waals surface area contributed by atoms with Crippen molar-refractivity contribution in [1.82, 2.24) is 4.72 Å². The number of halogens is 2. The van der Waals surface area contributed by atoms with Gasteiger partial charge in [-0.2, -0.15) is 0 Å². The molecule has 1 fully saturated rings. The SMILES string of the molecule is O=C(Nc1cc(F)cc(F)c1)c1ccc(S(=O)(=O)NC[C@H]2CCCO2)cc1. The maximum atomic E-state index is 13.2. The van der Waals surface area contributed by atoms with Gasteiger partial charge in [0.15, 0.2) is 0 Å². The normalized spacial score (nSPS) is 17.0. The molecule has 0 aromatic heterocycles. The Balaban J connectivity index is 1.65. The Bertz CT molecular complexity index is 907. The van der Waals surface area contributed by atoms with Gasteiger partial charge < -0.3 is 10.1 Å². The molecular formula is C18H18F2N2O4S. The number of carbonyl (C=O) groups excluding carboxylic acids is 1. The monoisotopic (exact) mass is 396 g/mol. The fourth-order valence-electron chi connectivity index (χ4n) is 2.71. The van der Waals surface area contributed by atoms with E-state index in [1.807, 2.05) is 0 Å². The van der Waals surface area contributed by atoms with Gasteiger partial charge in [-0.3, -0.25) is 4.79 Å². The Morgan fingerprint density at radius 1 is 1.11 bits per heavy atom. The molecule has 9 heteroatoms. The number of benzene rings is 2. The molecule has 2 N–H and O–H groups in total. The van der Waals surface area contributed by atoms with Gasteiger partial charge in [-0.05, 0) is 49.2 Å². The summed E-state index contributed by atoms with van der Waals surface area (Å²) in [5, 5.41) is 2.36. The third-order valence-electron chi connectivity index (χ3n) is 4.07. The van der Waals surface area contributed by atoms with Gasteiger partial charge in [0.25, 0.3) is 5.91 Å². The van der Waals surface area contributed by atoms with Gasteiger partial charge in [-0.25, -0.2) is 21.9 Å². The quantitative estimate of drug-likeness (QED) is 0.786. The summed E-state index contributed by atoms with van der Waals surface area (Å²) in [4.78, 5) is 12.2. The Morgan fingerprint density at radius 3 is 2.37 bits per heavy atom. The number of rotatable bonds is 6. The van der Waals surface area contributed by atoms with Gasteiger partial charge >= 0.3 is 0 Å². The molecule has 1 atom stereocenters. The Morgan fingerprint density at radius 2 is 1.78 bits per heavy atom. The molecule has 2 aromatic carbocycles. The molecule has 0 bridgehead atoms. The minimum absolute atomic E-state index is 0.00819. The number of nitrogens with one attached hydrogen (secondary N) is 2. The second-order valence-electron chi connectivity index (χ2n) is 6.12. The lowest BCUT2D eigenvalue weighted by Crippen LogP contribution is -2.31. The van der Waals surface area contributed by atoms with E-state index in [2.05, 4.69) is 10.0 Å². The predicted octanol–water partition coefficient (Wildman–Crippen LogP) is 2.67. The lowest BCUT2D eigenvalue weighted by molar-refractivity contribution is 0.102. The lowest BCUT2D eigenvalue weighted by Gasteiger charge is -2.12. The fourth-order valence-corrected chi connectivity index (χ4v) is 3.77. The summed E-state index contributed by atoms with van der Waals surface area (Å²) >= 11 is 0. The first kappa shape index (κ1) is 19.4. The highest BCUT2D eigenvalue weighted by Crippen LogP contribution is 2.16. The van der Waals surface area contributed by atoms with Crippen LogP contribution in [0.15, 0.2) is 47.4 Å². The van der Waals surface area contributed by atoms with Crippen LogP contribution >= 0.6 is 0 Å². The van der Waals surface area contributed by atoms with Crippen molar-refractivity contribution < 1.29 is 26.7 Å². The van der Waals surface area contributed by atoms with Crippen molar-refractivity contribution >= 4 is 21.6 Å². The lowest BCUT2D eigenvalue weighted by atomic mass is 10.2. The Labute approximate surface area is 155 Å². The summed E-state index contributed by atoms with van der Waals surface area (Å²) < 4.78 is 58.8. The van der Waals surface area contributed by atoms with E-state index < -0.39 is 27.6 Å². The molecule has 3 rings (SSSR count). The van der Waals surface area contributed by atoms with Crippen LogP contribution in [0.25, 0.3) is 0 Å². The van der Waals surface area contributed by atoms with Crippen molar-refractivity contribution in [1.29, 1.82) is 0 Å². The highest BCUT2D eigenvalue weighted by Gasteiger charge is 2.20. The van der Waals surface area contributed by atoms with Crippen LogP contribution < -0.4 is 10.0 Å². The number of carbonyl (C=O) groups is 1. The molecule has 0 radical (unpaired) electrons. The number of amides is 1. The molecule has 27 heavy (non-hydrogen) atoms. The molecule has 0 unspecified atom stereocenters. The number of sulfonamides is 1. The average molecular weight is 396 g/mol. The average Bonchev–Trinajstić information content (AvgIpc) is 3.13. The van der Waals surface area contributed by atoms with E-state index in [4.69, 9.17) is 4.74 Å². The van der Waals surface area contributed by atoms with Gasteiger partial charge in [-0.15, -0.1) is 0 Å². The molecule has 0 aliphatic carbocycles. The van der Waals surface area contributed by atoms with Crippen LogP contribution in [-0.4, -0.2) is 33.6 Å². The van der Waals surface area contributed by atoms with E-state index in [1.54, 1.807) is 0 Å². The molecule has 1 aliphatic rings. The van der Waals surface area contributed by atoms with E-state index in [-0.39, 0.29) is 28.8 Å². The highest BCUT2D eigenvalue weighted by atomic mass is 32.2. The van der Waals surface area contributed by atoms with Gasteiger partial charge in [0.2, 0.25) is 10.0 Å². The number of hydrogen-bond acceptors (Lipinski definition) is 4. The van der Waals surface area contributed by atoms with E-state index in [9.17, 15) is 22.0 Å². The van der Waals surface area contributed by atoms with E-state index in [1.165, 1.54) is 24.3 Å². The van der Waals surface area contributed by atoms with Crippen LogP contribution in [0.4, 0.5) is 14.5 Å². The van der Waals surface area contributed by atoms with Crippen molar-refractivity contribution in [2.45, 2.75) is 23.8 Å². The molecule has 1 heterocycles. The van der Waals surface area contributed by atoms with Crippen molar-refractivity contribution in [3.8, 4) is 0 Å². The first-order chi connectivity index (χ1) is 12.8. The second kappa shape index (κ2) is 8.12. The smallest absolute Gasteiger partial charge is 0.255 e. The second-order valence-corrected chi connectivity index (χ2v) is 7.89. The topological polar surface area (TPSA) is 84.5 Å². The van der Waals surface area contributed by atoms with Crippen molar-refractivity contribution in [2.75, 3.05) is 18.5 Å². The maximum Gasteiger partial charge on any atom is 0.255 e. The summed E-state index contributed by atoms with van der Waals surface area (Å²) in [5.41, 5.74) is 0.116. The molecular weight excluding hydrogens is 378 g/mol. The largest absolute Gasteiger partial charge is 0.377 e.